The number of aryl methyl sites for hydroxylation is 1. The van der Waals surface area contributed by atoms with Gasteiger partial charge < -0.3 is 15.3 Å². The van der Waals surface area contributed by atoms with Crippen molar-refractivity contribution in [3.05, 3.63) is 59.2 Å². The number of hydrogen-bond acceptors (Lipinski definition) is 3. The van der Waals surface area contributed by atoms with E-state index in [0.717, 1.165) is 25.2 Å². The summed E-state index contributed by atoms with van der Waals surface area (Å²) in [6.45, 7) is 7.80. The Morgan fingerprint density at radius 1 is 1.21 bits per heavy atom. The average molecular weight is 380 g/mol. The smallest absolute Gasteiger partial charge is 0.337 e. The van der Waals surface area contributed by atoms with Gasteiger partial charge in [-0.1, -0.05) is 38.1 Å². The van der Waals surface area contributed by atoms with Crippen LogP contribution in [0.4, 0.5) is 11.4 Å². The Labute approximate surface area is 166 Å². The molecule has 0 radical (unpaired) electrons. The summed E-state index contributed by atoms with van der Waals surface area (Å²) >= 11 is 0. The molecule has 28 heavy (non-hydrogen) atoms. The van der Waals surface area contributed by atoms with Crippen molar-refractivity contribution >= 4 is 23.3 Å². The first-order valence-corrected chi connectivity index (χ1v) is 9.82. The molecule has 5 nitrogen and oxygen atoms in total. The minimum Gasteiger partial charge on any atom is -0.478 e. The van der Waals surface area contributed by atoms with Gasteiger partial charge in [0.15, 0.2) is 0 Å². The molecule has 0 spiro atoms. The van der Waals surface area contributed by atoms with E-state index in [0.29, 0.717) is 18.0 Å². The van der Waals surface area contributed by atoms with Crippen molar-refractivity contribution in [2.75, 3.05) is 23.3 Å². The van der Waals surface area contributed by atoms with Crippen molar-refractivity contribution in [2.45, 2.75) is 39.5 Å². The molecule has 2 aromatic carbocycles. The number of anilines is 2. The minimum atomic E-state index is -1.03. The van der Waals surface area contributed by atoms with Crippen LogP contribution in [0.2, 0.25) is 0 Å². The highest BCUT2D eigenvalue weighted by Crippen LogP contribution is 2.33. The number of benzene rings is 2. The molecule has 3 rings (SSSR count). The number of amides is 1. The quantitative estimate of drug-likeness (QED) is 0.764. The number of carboxylic acid groups (broad SMARTS) is 1. The van der Waals surface area contributed by atoms with Gasteiger partial charge in [-0.05, 0) is 48.6 Å². The van der Waals surface area contributed by atoms with E-state index in [-0.39, 0.29) is 17.4 Å². The Hall–Kier alpha value is -2.82. The van der Waals surface area contributed by atoms with Crippen LogP contribution in [0.15, 0.2) is 42.5 Å². The summed E-state index contributed by atoms with van der Waals surface area (Å²) in [6, 6.07) is 13.7. The zero-order chi connectivity index (χ0) is 20.3. The summed E-state index contributed by atoms with van der Waals surface area (Å²) in [6.07, 6.45) is 1.41. The highest BCUT2D eigenvalue weighted by molar-refractivity contribution is 6.01. The fourth-order valence-electron chi connectivity index (χ4n) is 3.88. The molecule has 1 aliphatic rings. The molecule has 2 N–H and O–H groups in total. The SMILES string of the molecule is Cc1ccccc1[C@@H]1CCN(c2ccc(NC(=O)CC(C)C)c(C(=O)O)c2)C1. The van der Waals surface area contributed by atoms with Gasteiger partial charge in [0.2, 0.25) is 5.91 Å². The highest BCUT2D eigenvalue weighted by Gasteiger charge is 2.26. The van der Waals surface area contributed by atoms with E-state index in [9.17, 15) is 14.7 Å². The number of hydrogen-bond donors (Lipinski definition) is 2. The van der Waals surface area contributed by atoms with E-state index in [1.165, 1.54) is 11.1 Å². The lowest BCUT2D eigenvalue weighted by molar-refractivity contribution is -0.116. The van der Waals surface area contributed by atoms with E-state index >= 15 is 0 Å². The van der Waals surface area contributed by atoms with Crippen molar-refractivity contribution < 1.29 is 14.7 Å². The fraction of sp³-hybridized carbons (Fsp3) is 0.391. The van der Waals surface area contributed by atoms with Crippen molar-refractivity contribution in [1.82, 2.24) is 0 Å². The predicted octanol–water partition coefficient (Wildman–Crippen LogP) is 4.67. The zero-order valence-corrected chi connectivity index (χ0v) is 16.7. The lowest BCUT2D eigenvalue weighted by Crippen LogP contribution is -2.21. The molecule has 1 atom stereocenters. The summed E-state index contributed by atoms with van der Waals surface area (Å²) in [5, 5.41) is 12.4. The first kappa shape index (κ1) is 19.9. The molecule has 1 amide bonds. The number of nitrogens with one attached hydrogen (secondary N) is 1. The predicted molar refractivity (Wildman–Crippen MR) is 112 cm³/mol. The van der Waals surface area contributed by atoms with Crippen LogP contribution in [0.1, 0.15) is 54.1 Å². The third kappa shape index (κ3) is 4.53. The van der Waals surface area contributed by atoms with Gasteiger partial charge in [0.1, 0.15) is 0 Å². The average Bonchev–Trinajstić information content (AvgIpc) is 3.11. The van der Waals surface area contributed by atoms with Crippen molar-refractivity contribution in [1.29, 1.82) is 0 Å². The van der Waals surface area contributed by atoms with Crippen LogP contribution < -0.4 is 10.2 Å². The molecule has 0 aliphatic carbocycles. The molecule has 1 fully saturated rings. The molecule has 0 aromatic heterocycles. The topological polar surface area (TPSA) is 69.6 Å². The largest absolute Gasteiger partial charge is 0.478 e. The molecule has 0 unspecified atom stereocenters. The summed E-state index contributed by atoms with van der Waals surface area (Å²) in [5.74, 6) is -0.530. The number of carbonyl (C=O) groups excluding carboxylic acids is 1. The maximum absolute atomic E-state index is 12.1. The summed E-state index contributed by atoms with van der Waals surface area (Å²) in [5.41, 5.74) is 4.03. The number of nitrogens with zero attached hydrogens (tertiary/aromatic N) is 1. The third-order valence-electron chi connectivity index (χ3n) is 5.28. The van der Waals surface area contributed by atoms with Gasteiger partial charge in [0.05, 0.1) is 11.3 Å². The van der Waals surface area contributed by atoms with Gasteiger partial charge in [-0.15, -0.1) is 0 Å². The number of carbonyl (C=O) groups is 2. The van der Waals surface area contributed by atoms with Crippen molar-refractivity contribution in [3.63, 3.8) is 0 Å². The summed E-state index contributed by atoms with van der Waals surface area (Å²) in [4.78, 5) is 26.0. The molecule has 148 valence electrons. The van der Waals surface area contributed by atoms with Crippen LogP contribution in [-0.4, -0.2) is 30.1 Å². The van der Waals surface area contributed by atoms with Crippen LogP contribution in [0.5, 0.6) is 0 Å². The maximum atomic E-state index is 12.1. The van der Waals surface area contributed by atoms with Gasteiger partial charge >= 0.3 is 5.97 Å². The summed E-state index contributed by atoms with van der Waals surface area (Å²) in [7, 11) is 0. The van der Waals surface area contributed by atoms with E-state index in [1.807, 2.05) is 19.9 Å². The zero-order valence-electron chi connectivity index (χ0n) is 16.7. The van der Waals surface area contributed by atoms with Gasteiger partial charge in [-0.2, -0.15) is 0 Å². The van der Waals surface area contributed by atoms with Crippen molar-refractivity contribution in [2.24, 2.45) is 5.92 Å². The molecule has 5 heteroatoms. The first-order valence-electron chi connectivity index (χ1n) is 9.82. The number of aromatic carboxylic acids is 1. The van der Waals surface area contributed by atoms with E-state index in [1.54, 1.807) is 12.1 Å². The molecule has 2 aromatic rings. The van der Waals surface area contributed by atoms with E-state index < -0.39 is 5.97 Å². The van der Waals surface area contributed by atoms with Crippen LogP contribution in [0, 0.1) is 12.8 Å². The Balaban J connectivity index is 1.78. The third-order valence-corrected chi connectivity index (χ3v) is 5.28. The van der Waals surface area contributed by atoms with Crippen LogP contribution >= 0.6 is 0 Å². The first-order chi connectivity index (χ1) is 13.3. The lowest BCUT2D eigenvalue weighted by Gasteiger charge is -2.21. The number of rotatable bonds is 6. The molecule has 1 heterocycles. The van der Waals surface area contributed by atoms with Gasteiger partial charge in [-0.25, -0.2) is 4.79 Å². The fourth-order valence-corrected chi connectivity index (χ4v) is 3.88. The van der Waals surface area contributed by atoms with Gasteiger partial charge in [-0.3, -0.25) is 4.79 Å². The lowest BCUT2D eigenvalue weighted by atomic mass is 9.94. The second kappa shape index (κ2) is 8.46. The van der Waals surface area contributed by atoms with Crippen LogP contribution in [0.25, 0.3) is 0 Å². The summed E-state index contributed by atoms with van der Waals surface area (Å²) < 4.78 is 0. The van der Waals surface area contributed by atoms with E-state index in [2.05, 4.69) is 41.4 Å². The standard InChI is InChI=1S/C23H28N2O3/c1-15(2)12-22(26)24-21-9-8-18(13-20(21)23(27)28)25-11-10-17(14-25)19-7-5-4-6-16(19)3/h4-9,13,15,17H,10-12,14H2,1-3H3,(H,24,26)(H,27,28)/t17-/m1/s1. The van der Waals surface area contributed by atoms with Crippen LogP contribution in [0.3, 0.4) is 0 Å². The van der Waals surface area contributed by atoms with E-state index in [4.69, 9.17) is 0 Å². The van der Waals surface area contributed by atoms with Crippen molar-refractivity contribution in [3.8, 4) is 0 Å². The van der Waals surface area contributed by atoms with Gasteiger partial charge in [0.25, 0.3) is 0 Å². The molecule has 1 aliphatic heterocycles. The second-order valence-electron chi connectivity index (χ2n) is 7.97. The maximum Gasteiger partial charge on any atom is 0.337 e. The molecule has 1 saturated heterocycles. The Morgan fingerprint density at radius 3 is 2.64 bits per heavy atom. The normalized spacial score (nSPS) is 16.4. The number of carboxylic acids is 1. The molecular formula is C23H28N2O3. The van der Waals surface area contributed by atoms with Crippen LogP contribution in [-0.2, 0) is 4.79 Å². The Bertz CT molecular complexity index is 876. The molecular weight excluding hydrogens is 352 g/mol. The van der Waals surface area contributed by atoms with Gasteiger partial charge in [0, 0.05) is 31.1 Å². The minimum absolute atomic E-state index is 0.133. The Kier molecular flexibility index (Phi) is 6.02. The molecule has 0 saturated carbocycles. The second-order valence-corrected chi connectivity index (χ2v) is 7.97. The Morgan fingerprint density at radius 2 is 1.96 bits per heavy atom. The monoisotopic (exact) mass is 380 g/mol. The highest BCUT2D eigenvalue weighted by atomic mass is 16.4. The molecule has 0 bridgehead atoms.